The van der Waals surface area contributed by atoms with Crippen molar-refractivity contribution in [1.29, 1.82) is 0 Å². The molecule has 3 heteroatoms. The zero-order chi connectivity index (χ0) is 12.1. The van der Waals surface area contributed by atoms with Gasteiger partial charge in [0, 0.05) is 23.6 Å². The average molecular weight is 297 g/mol. The van der Waals surface area contributed by atoms with Crippen molar-refractivity contribution in [1.82, 2.24) is 10.2 Å². The van der Waals surface area contributed by atoms with Crippen LogP contribution in [0.15, 0.2) is 28.7 Å². The smallest absolute Gasteiger partial charge is 0.0242 e. The summed E-state index contributed by atoms with van der Waals surface area (Å²) in [7, 11) is 2.20. The molecule has 0 bridgehead atoms. The predicted molar refractivity (Wildman–Crippen MR) is 76.1 cm³/mol. The molecule has 1 aliphatic rings. The lowest BCUT2D eigenvalue weighted by molar-refractivity contribution is 0.256. The minimum atomic E-state index is 0.677. The van der Waals surface area contributed by atoms with Gasteiger partial charge < -0.3 is 10.2 Å². The first kappa shape index (κ1) is 13.1. The van der Waals surface area contributed by atoms with Crippen molar-refractivity contribution in [3.63, 3.8) is 0 Å². The monoisotopic (exact) mass is 296 g/mol. The molecule has 1 aromatic carbocycles. The molecule has 1 aliphatic heterocycles. The number of nitrogens with zero attached hydrogens (tertiary/aromatic N) is 1. The molecule has 2 nitrogen and oxygen atoms in total. The number of nitrogens with one attached hydrogen (secondary N) is 1. The van der Waals surface area contributed by atoms with Crippen LogP contribution < -0.4 is 5.32 Å². The summed E-state index contributed by atoms with van der Waals surface area (Å²) < 4.78 is 1.21. The van der Waals surface area contributed by atoms with Gasteiger partial charge in [-0.2, -0.15) is 0 Å². The van der Waals surface area contributed by atoms with Gasteiger partial charge >= 0.3 is 0 Å². The molecule has 0 aliphatic carbocycles. The predicted octanol–water partition coefficient (Wildman–Crippen LogP) is 3.02. The quantitative estimate of drug-likeness (QED) is 0.919. The maximum absolute atomic E-state index is 3.61. The second kappa shape index (κ2) is 6.53. The molecule has 2 rings (SSSR count). The highest BCUT2D eigenvalue weighted by atomic mass is 79.9. The van der Waals surface area contributed by atoms with Gasteiger partial charge in [-0.25, -0.2) is 0 Å². The Labute approximate surface area is 113 Å². The van der Waals surface area contributed by atoms with E-state index in [9.17, 15) is 0 Å². The summed E-state index contributed by atoms with van der Waals surface area (Å²) in [4.78, 5) is 2.41. The molecule has 1 atom stereocenters. The summed E-state index contributed by atoms with van der Waals surface area (Å²) in [5.41, 5.74) is 1.37. The Hall–Kier alpha value is -0.380. The van der Waals surface area contributed by atoms with E-state index < -0.39 is 0 Å². The molecule has 1 unspecified atom stereocenters. The number of piperidine rings is 1. The van der Waals surface area contributed by atoms with Gasteiger partial charge in [-0.15, -0.1) is 0 Å². The third-order valence-corrected chi connectivity index (χ3v) is 4.12. The van der Waals surface area contributed by atoms with Gasteiger partial charge in [0.15, 0.2) is 0 Å². The normalized spacial score (nSPS) is 20.8. The molecule has 1 saturated heterocycles. The van der Waals surface area contributed by atoms with Crippen LogP contribution in [0.2, 0.25) is 0 Å². The van der Waals surface area contributed by atoms with E-state index in [4.69, 9.17) is 0 Å². The number of hydrogen-bond acceptors (Lipinski definition) is 2. The average Bonchev–Trinajstić information content (AvgIpc) is 2.33. The van der Waals surface area contributed by atoms with Crippen LogP contribution in [0.25, 0.3) is 0 Å². The third-order valence-electron chi connectivity index (χ3n) is 3.34. The number of rotatable bonds is 4. The summed E-state index contributed by atoms with van der Waals surface area (Å²) in [6.07, 6.45) is 4.03. The highest BCUT2D eigenvalue weighted by Gasteiger charge is 2.14. The van der Waals surface area contributed by atoms with Crippen molar-refractivity contribution < 1.29 is 0 Å². The fourth-order valence-corrected chi connectivity index (χ4v) is 2.85. The molecule has 17 heavy (non-hydrogen) atoms. The van der Waals surface area contributed by atoms with E-state index in [0.29, 0.717) is 6.04 Å². The van der Waals surface area contributed by atoms with E-state index in [0.717, 1.165) is 13.1 Å². The van der Waals surface area contributed by atoms with Crippen LogP contribution in [0.1, 0.15) is 24.8 Å². The van der Waals surface area contributed by atoms with Gasteiger partial charge in [-0.1, -0.05) is 40.5 Å². The van der Waals surface area contributed by atoms with Crippen molar-refractivity contribution in [2.75, 3.05) is 20.1 Å². The fraction of sp³-hybridized carbons (Fsp3) is 0.571. The second-order valence-electron chi connectivity index (χ2n) is 4.93. The van der Waals surface area contributed by atoms with Crippen molar-refractivity contribution in [3.05, 3.63) is 34.3 Å². The molecule has 1 N–H and O–H groups in total. The number of likely N-dealkylation sites (N-methyl/N-ethyl adjacent to an activating group) is 1. The Kier molecular flexibility index (Phi) is 5.01. The topological polar surface area (TPSA) is 15.3 Å². The Morgan fingerprint density at radius 3 is 2.88 bits per heavy atom. The molecule has 94 valence electrons. The third kappa shape index (κ3) is 4.09. The van der Waals surface area contributed by atoms with Gasteiger partial charge in [0.2, 0.25) is 0 Å². The molecule has 1 heterocycles. The van der Waals surface area contributed by atoms with Crippen LogP contribution in [0.4, 0.5) is 0 Å². The zero-order valence-electron chi connectivity index (χ0n) is 10.5. The Morgan fingerprint density at radius 1 is 1.35 bits per heavy atom. The molecule has 0 spiro atoms. The standard InChI is InChI=1S/C14H21BrN2/c1-17(11-13-7-4-5-9-16-13)10-12-6-2-3-8-14(12)15/h2-3,6,8,13,16H,4-5,7,9-11H2,1H3. The first-order valence-corrected chi connectivity index (χ1v) is 7.20. The van der Waals surface area contributed by atoms with Crippen LogP contribution in [-0.2, 0) is 6.54 Å². The van der Waals surface area contributed by atoms with E-state index >= 15 is 0 Å². The Morgan fingerprint density at radius 2 is 2.18 bits per heavy atom. The van der Waals surface area contributed by atoms with Crippen molar-refractivity contribution in [2.24, 2.45) is 0 Å². The maximum Gasteiger partial charge on any atom is 0.0242 e. The molecular weight excluding hydrogens is 276 g/mol. The van der Waals surface area contributed by atoms with Gasteiger partial charge in [0.25, 0.3) is 0 Å². The minimum absolute atomic E-state index is 0.677. The first-order valence-electron chi connectivity index (χ1n) is 6.41. The fourth-order valence-electron chi connectivity index (χ4n) is 2.44. The summed E-state index contributed by atoms with van der Waals surface area (Å²) in [5, 5.41) is 3.60. The molecule has 0 radical (unpaired) electrons. The maximum atomic E-state index is 3.61. The largest absolute Gasteiger partial charge is 0.313 e. The van der Waals surface area contributed by atoms with Gasteiger partial charge in [0.05, 0.1) is 0 Å². The van der Waals surface area contributed by atoms with Crippen LogP contribution in [0.3, 0.4) is 0 Å². The van der Waals surface area contributed by atoms with Crippen LogP contribution in [-0.4, -0.2) is 31.1 Å². The molecule has 0 saturated carbocycles. The Bertz CT molecular complexity index is 348. The second-order valence-corrected chi connectivity index (χ2v) is 5.79. The highest BCUT2D eigenvalue weighted by molar-refractivity contribution is 9.10. The molecular formula is C14H21BrN2. The van der Waals surface area contributed by atoms with Crippen molar-refractivity contribution in [3.8, 4) is 0 Å². The van der Waals surface area contributed by atoms with Crippen LogP contribution in [0, 0.1) is 0 Å². The summed E-state index contributed by atoms with van der Waals surface area (Å²) in [6.45, 7) is 3.34. The summed E-state index contributed by atoms with van der Waals surface area (Å²) >= 11 is 3.61. The van der Waals surface area contributed by atoms with Gasteiger partial charge in [0.1, 0.15) is 0 Å². The Balaban J connectivity index is 1.84. The SMILES string of the molecule is CN(Cc1ccccc1Br)CC1CCCCN1. The van der Waals surface area contributed by atoms with Gasteiger partial charge in [-0.05, 0) is 38.1 Å². The van der Waals surface area contributed by atoms with E-state index in [2.05, 4.69) is 57.5 Å². The lowest BCUT2D eigenvalue weighted by Gasteiger charge is -2.28. The summed E-state index contributed by atoms with van der Waals surface area (Å²) in [5.74, 6) is 0. The first-order chi connectivity index (χ1) is 8.25. The molecule has 1 aromatic rings. The lowest BCUT2D eigenvalue weighted by Crippen LogP contribution is -2.42. The summed E-state index contributed by atoms with van der Waals surface area (Å²) in [6, 6.07) is 9.15. The molecule has 1 fully saturated rings. The van der Waals surface area contributed by atoms with Crippen molar-refractivity contribution >= 4 is 15.9 Å². The number of hydrogen-bond donors (Lipinski definition) is 1. The molecule has 0 amide bonds. The van der Waals surface area contributed by atoms with Crippen LogP contribution in [0.5, 0.6) is 0 Å². The van der Waals surface area contributed by atoms with Crippen molar-refractivity contribution in [2.45, 2.75) is 31.8 Å². The van der Waals surface area contributed by atoms with E-state index in [1.165, 1.54) is 35.8 Å². The lowest BCUT2D eigenvalue weighted by atomic mass is 10.0. The molecule has 0 aromatic heterocycles. The minimum Gasteiger partial charge on any atom is -0.313 e. The zero-order valence-corrected chi connectivity index (χ0v) is 12.0. The van der Waals surface area contributed by atoms with Crippen LogP contribution >= 0.6 is 15.9 Å². The number of benzene rings is 1. The number of halogens is 1. The van der Waals surface area contributed by atoms with Gasteiger partial charge in [-0.3, -0.25) is 0 Å². The van der Waals surface area contributed by atoms with E-state index in [1.54, 1.807) is 0 Å². The highest BCUT2D eigenvalue weighted by Crippen LogP contribution is 2.18. The van der Waals surface area contributed by atoms with E-state index in [-0.39, 0.29) is 0 Å². The van der Waals surface area contributed by atoms with E-state index in [1.807, 2.05) is 0 Å².